The maximum Gasteiger partial charge on any atom is 0.123 e. The van der Waals surface area contributed by atoms with Gasteiger partial charge in [-0.2, -0.15) is 0 Å². The number of halogens is 2. The van der Waals surface area contributed by atoms with E-state index in [1.165, 1.54) is 24.5 Å². The average molecular weight is 213 g/mol. The topological polar surface area (TPSA) is 0 Å². The molecule has 2 rings (SSSR count). The van der Waals surface area contributed by atoms with Crippen LogP contribution in [-0.4, -0.2) is 5.88 Å². The van der Waals surface area contributed by atoms with Gasteiger partial charge in [-0.1, -0.05) is 6.07 Å². The summed E-state index contributed by atoms with van der Waals surface area (Å²) in [6, 6.07) is 5.00. The molecule has 1 aliphatic carbocycles. The fourth-order valence-corrected chi connectivity index (χ4v) is 2.13. The van der Waals surface area contributed by atoms with Gasteiger partial charge in [0.15, 0.2) is 0 Å². The lowest BCUT2D eigenvalue weighted by Crippen LogP contribution is -2.08. The highest BCUT2D eigenvalue weighted by atomic mass is 35.5. The summed E-state index contributed by atoms with van der Waals surface area (Å²) in [6.07, 6.45) is 3.30. The Balaban J connectivity index is 2.20. The van der Waals surface area contributed by atoms with Crippen molar-refractivity contribution in [3.05, 3.63) is 35.1 Å². The van der Waals surface area contributed by atoms with Crippen molar-refractivity contribution in [2.45, 2.75) is 26.2 Å². The Morgan fingerprint density at radius 2 is 2.14 bits per heavy atom. The summed E-state index contributed by atoms with van der Waals surface area (Å²) in [5.74, 6) is 0.555. The summed E-state index contributed by atoms with van der Waals surface area (Å²) in [7, 11) is 0. The number of alkyl halides is 1. The second-order valence-electron chi connectivity index (χ2n) is 4.38. The molecule has 0 atom stereocenters. The molecular formula is C12H14ClF. The third kappa shape index (κ3) is 1.93. The third-order valence-corrected chi connectivity index (χ3v) is 3.68. The third-order valence-electron chi connectivity index (χ3n) is 3.12. The molecule has 1 fully saturated rings. The first-order valence-corrected chi connectivity index (χ1v) is 5.50. The van der Waals surface area contributed by atoms with Gasteiger partial charge < -0.3 is 0 Å². The molecule has 0 saturated heterocycles. The van der Waals surface area contributed by atoms with Crippen molar-refractivity contribution in [1.82, 2.24) is 0 Å². The maximum absolute atomic E-state index is 13.0. The van der Waals surface area contributed by atoms with Crippen LogP contribution in [0.3, 0.4) is 0 Å². The van der Waals surface area contributed by atoms with Crippen molar-refractivity contribution in [3.63, 3.8) is 0 Å². The quantitative estimate of drug-likeness (QED) is 0.671. The van der Waals surface area contributed by atoms with E-state index < -0.39 is 0 Å². The summed E-state index contributed by atoms with van der Waals surface area (Å²) in [5, 5.41) is 0. The van der Waals surface area contributed by atoms with E-state index in [0.29, 0.717) is 5.88 Å². The van der Waals surface area contributed by atoms with Gasteiger partial charge in [-0.05, 0) is 54.9 Å². The normalized spacial score (nSPS) is 18.2. The highest BCUT2D eigenvalue weighted by Crippen LogP contribution is 2.49. The second kappa shape index (κ2) is 3.54. The van der Waals surface area contributed by atoms with Crippen molar-refractivity contribution in [3.8, 4) is 0 Å². The van der Waals surface area contributed by atoms with Crippen LogP contribution < -0.4 is 0 Å². The molecule has 0 amide bonds. The SMILES string of the molecule is Cc1ccc(F)cc1CC1(CCl)CC1. The van der Waals surface area contributed by atoms with Crippen LogP contribution in [0, 0.1) is 18.2 Å². The zero-order valence-electron chi connectivity index (χ0n) is 8.32. The predicted molar refractivity (Wildman–Crippen MR) is 57.2 cm³/mol. The van der Waals surface area contributed by atoms with E-state index in [-0.39, 0.29) is 11.2 Å². The highest BCUT2D eigenvalue weighted by Gasteiger charge is 2.41. The minimum Gasteiger partial charge on any atom is -0.207 e. The molecule has 0 aromatic heterocycles. The van der Waals surface area contributed by atoms with Crippen LogP contribution in [-0.2, 0) is 6.42 Å². The molecule has 1 saturated carbocycles. The summed E-state index contributed by atoms with van der Waals surface area (Å²) in [4.78, 5) is 0. The summed E-state index contributed by atoms with van der Waals surface area (Å²) in [5.41, 5.74) is 2.56. The number of rotatable bonds is 3. The van der Waals surface area contributed by atoms with Gasteiger partial charge in [0.1, 0.15) is 5.82 Å². The lowest BCUT2D eigenvalue weighted by Gasteiger charge is -2.13. The molecule has 0 N–H and O–H groups in total. The fraction of sp³-hybridized carbons (Fsp3) is 0.500. The number of hydrogen-bond acceptors (Lipinski definition) is 0. The number of benzene rings is 1. The van der Waals surface area contributed by atoms with Gasteiger partial charge in [0.05, 0.1) is 0 Å². The molecular weight excluding hydrogens is 199 g/mol. The van der Waals surface area contributed by atoms with E-state index in [4.69, 9.17) is 11.6 Å². The zero-order valence-corrected chi connectivity index (χ0v) is 9.07. The first kappa shape index (κ1) is 9.97. The van der Waals surface area contributed by atoms with Crippen LogP contribution in [0.4, 0.5) is 4.39 Å². The Hall–Kier alpha value is -0.560. The Morgan fingerprint density at radius 1 is 1.43 bits per heavy atom. The lowest BCUT2D eigenvalue weighted by atomic mass is 9.95. The molecule has 1 aromatic carbocycles. The van der Waals surface area contributed by atoms with E-state index >= 15 is 0 Å². The van der Waals surface area contributed by atoms with Crippen molar-refractivity contribution in [2.24, 2.45) is 5.41 Å². The first-order chi connectivity index (χ1) is 6.65. The van der Waals surface area contributed by atoms with Crippen LogP contribution in [0.25, 0.3) is 0 Å². The van der Waals surface area contributed by atoms with E-state index in [9.17, 15) is 4.39 Å². The van der Waals surface area contributed by atoms with Crippen molar-refractivity contribution >= 4 is 11.6 Å². The molecule has 0 radical (unpaired) electrons. The van der Waals surface area contributed by atoms with Crippen molar-refractivity contribution in [1.29, 1.82) is 0 Å². The Kier molecular flexibility index (Phi) is 2.52. The molecule has 0 aliphatic heterocycles. The van der Waals surface area contributed by atoms with Crippen LogP contribution in [0.1, 0.15) is 24.0 Å². The van der Waals surface area contributed by atoms with E-state index in [1.807, 2.05) is 13.0 Å². The number of hydrogen-bond donors (Lipinski definition) is 0. The smallest absolute Gasteiger partial charge is 0.123 e. The zero-order chi connectivity index (χ0) is 10.2. The molecule has 0 bridgehead atoms. The maximum atomic E-state index is 13.0. The molecule has 1 aliphatic rings. The molecule has 1 aromatic rings. The lowest BCUT2D eigenvalue weighted by molar-refractivity contribution is 0.568. The Morgan fingerprint density at radius 3 is 2.71 bits per heavy atom. The average Bonchev–Trinajstić information content (AvgIpc) is 2.92. The molecule has 0 nitrogen and oxygen atoms in total. The summed E-state index contributed by atoms with van der Waals surface area (Å²) >= 11 is 5.90. The summed E-state index contributed by atoms with van der Waals surface area (Å²) < 4.78 is 13.0. The monoisotopic (exact) mass is 212 g/mol. The van der Waals surface area contributed by atoms with Crippen LogP contribution in [0.15, 0.2) is 18.2 Å². The van der Waals surface area contributed by atoms with Gasteiger partial charge in [0.25, 0.3) is 0 Å². The summed E-state index contributed by atoms with van der Waals surface area (Å²) in [6.45, 7) is 2.03. The van der Waals surface area contributed by atoms with Gasteiger partial charge in [-0.25, -0.2) is 4.39 Å². The van der Waals surface area contributed by atoms with E-state index in [0.717, 1.165) is 12.0 Å². The standard InChI is InChI=1S/C12H14ClF/c1-9-2-3-11(14)6-10(9)7-12(8-13)4-5-12/h2-3,6H,4-5,7-8H2,1H3. The van der Waals surface area contributed by atoms with Gasteiger partial charge in [0, 0.05) is 5.88 Å². The minimum atomic E-state index is -0.143. The van der Waals surface area contributed by atoms with Crippen LogP contribution in [0.5, 0.6) is 0 Å². The van der Waals surface area contributed by atoms with Gasteiger partial charge in [-0.3, -0.25) is 0 Å². The molecule has 0 spiro atoms. The molecule has 14 heavy (non-hydrogen) atoms. The molecule has 76 valence electrons. The molecule has 2 heteroatoms. The van der Waals surface area contributed by atoms with Crippen molar-refractivity contribution in [2.75, 3.05) is 5.88 Å². The molecule has 0 unspecified atom stereocenters. The van der Waals surface area contributed by atoms with Crippen LogP contribution in [0.2, 0.25) is 0 Å². The van der Waals surface area contributed by atoms with Gasteiger partial charge >= 0.3 is 0 Å². The largest absolute Gasteiger partial charge is 0.207 e. The van der Waals surface area contributed by atoms with E-state index in [1.54, 1.807) is 6.07 Å². The Bertz CT molecular complexity index is 342. The van der Waals surface area contributed by atoms with Crippen molar-refractivity contribution < 1.29 is 4.39 Å². The predicted octanol–water partition coefficient (Wildman–Crippen LogP) is 3.70. The van der Waals surface area contributed by atoms with Gasteiger partial charge in [0.2, 0.25) is 0 Å². The fourth-order valence-electron chi connectivity index (χ4n) is 1.77. The van der Waals surface area contributed by atoms with Crippen LogP contribution >= 0.6 is 11.6 Å². The van der Waals surface area contributed by atoms with E-state index in [2.05, 4.69) is 0 Å². The second-order valence-corrected chi connectivity index (χ2v) is 4.65. The highest BCUT2D eigenvalue weighted by molar-refractivity contribution is 6.18. The number of aryl methyl sites for hydroxylation is 1. The Labute approximate surface area is 89.1 Å². The minimum absolute atomic E-state index is 0.143. The molecule has 0 heterocycles. The van der Waals surface area contributed by atoms with Gasteiger partial charge in [-0.15, -0.1) is 11.6 Å². The first-order valence-electron chi connectivity index (χ1n) is 4.96.